The molecule has 20 heavy (non-hydrogen) atoms. The maximum atomic E-state index is 12.4. The summed E-state index contributed by atoms with van der Waals surface area (Å²) >= 11 is 11.6. The van der Waals surface area contributed by atoms with Crippen LogP contribution in [0.15, 0.2) is 53.0 Å². The highest BCUT2D eigenvalue weighted by atomic mass is 127. The third-order valence-corrected chi connectivity index (χ3v) is 4.51. The van der Waals surface area contributed by atoms with Gasteiger partial charge in [0.05, 0.1) is 11.6 Å². The zero-order valence-corrected chi connectivity index (χ0v) is 14.9. The number of hydrogen-bond acceptors (Lipinski definition) is 1. The average molecular weight is 465 g/mol. The fourth-order valence-corrected chi connectivity index (χ4v) is 2.98. The van der Waals surface area contributed by atoms with Crippen LogP contribution in [0.4, 0.5) is 0 Å². The van der Waals surface area contributed by atoms with E-state index in [0.717, 1.165) is 13.6 Å². The molecule has 0 saturated heterocycles. The molecule has 1 atom stereocenters. The Balaban J connectivity index is 2.20. The lowest BCUT2D eigenvalue weighted by molar-refractivity contribution is 0.0939. The zero-order valence-electron chi connectivity index (χ0n) is 10.4. The van der Waals surface area contributed by atoms with Crippen LogP contribution in [0, 0.1) is 3.57 Å². The van der Waals surface area contributed by atoms with E-state index in [4.69, 9.17) is 11.6 Å². The molecule has 0 saturated carbocycles. The fraction of sp³-hybridized carbons (Fsp3) is 0.133. The van der Waals surface area contributed by atoms with Crippen LogP contribution in [-0.2, 0) is 0 Å². The van der Waals surface area contributed by atoms with Gasteiger partial charge in [-0.2, -0.15) is 0 Å². The van der Waals surface area contributed by atoms with E-state index in [-0.39, 0.29) is 11.9 Å². The van der Waals surface area contributed by atoms with Gasteiger partial charge in [-0.05, 0) is 62.3 Å². The first kappa shape index (κ1) is 15.8. The molecule has 0 aliphatic carbocycles. The smallest absolute Gasteiger partial charge is 0.252 e. The second-order valence-electron chi connectivity index (χ2n) is 4.22. The summed E-state index contributed by atoms with van der Waals surface area (Å²) in [5.74, 6) is 0.196. The number of hydrogen-bond donors (Lipinski definition) is 1. The van der Waals surface area contributed by atoms with E-state index >= 15 is 0 Å². The van der Waals surface area contributed by atoms with Crippen molar-refractivity contribution < 1.29 is 4.79 Å². The van der Waals surface area contributed by atoms with Crippen LogP contribution in [0.1, 0.15) is 22.0 Å². The number of amides is 1. The highest BCUT2D eigenvalue weighted by Crippen LogP contribution is 2.21. The predicted molar refractivity (Wildman–Crippen MR) is 94.2 cm³/mol. The minimum atomic E-state index is -0.199. The molecule has 2 aromatic carbocycles. The third-order valence-electron chi connectivity index (χ3n) is 2.83. The molecule has 0 fully saturated rings. The molecular formula is C15H12BrClINO. The van der Waals surface area contributed by atoms with Gasteiger partial charge in [-0.15, -0.1) is 11.6 Å². The van der Waals surface area contributed by atoms with E-state index < -0.39 is 0 Å². The summed E-state index contributed by atoms with van der Waals surface area (Å²) in [6.45, 7) is 0. The van der Waals surface area contributed by atoms with Crippen LogP contribution in [0.2, 0.25) is 0 Å². The molecule has 1 unspecified atom stereocenters. The van der Waals surface area contributed by atoms with Crippen molar-refractivity contribution in [3.63, 3.8) is 0 Å². The van der Waals surface area contributed by atoms with E-state index in [2.05, 4.69) is 43.8 Å². The summed E-state index contributed by atoms with van der Waals surface area (Å²) in [5.41, 5.74) is 1.61. The van der Waals surface area contributed by atoms with Crippen molar-refractivity contribution in [2.75, 3.05) is 5.88 Å². The quantitative estimate of drug-likeness (QED) is 0.513. The minimum absolute atomic E-state index is 0.134. The van der Waals surface area contributed by atoms with Gasteiger partial charge in [-0.1, -0.05) is 30.3 Å². The molecule has 0 aromatic heterocycles. The molecule has 0 radical (unpaired) electrons. The molecule has 0 heterocycles. The number of carbonyl (C=O) groups excluding carboxylic acids is 1. The van der Waals surface area contributed by atoms with E-state index in [1.54, 1.807) is 0 Å². The second kappa shape index (κ2) is 7.43. The molecule has 104 valence electrons. The Bertz CT molecular complexity index is 606. The summed E-state index contributed by atoms with van der Waals surface area (Å²) in [7, 11) is 0. The molecule has 1 amide bonds. The first-order chi connectivity index (χ1) is 9.61. The molecule has 0 bridgehead atoms. The molecule has 0 aliphatic heterocycles. The molecule has 0 spiro atoms. The van der Waals surface area contributed by atoms with Crippen LogP contribution >= 0.6 is 50.1 Å². The first-order valence-electron chi connectivity index (χ1n) is 5.98. The van der Waals surface area contributed by atoms with Gasteiger partial charge in [0.25, 0.3) is 5.91 Å². The molecule has 1 N–H and O–H groups in total. The lowest BCUT2D eigenvalue weighted by atomic mass is 10.1. The molecule has 5 heteroatoms. The van der Waals surface area contributed by atoms with Crippen molar-refractivity contribution in [3.05, 3.63) is 67.7 Å². The van der Waals surface area contributed by atoms with Gasteiger partial charge in [0.15, 0.2) is 0 Å². The molecule has 2 aromatic rings. The highest BCUT2D eigenvalue weighted by molar-refractivity contribution is 14.1. The molecule has 2 rings (SSSR count). The number of halogens is 3. The summed E-state index contributed by atoms with van der Waals surface area (Å²) in [4.78, 5) is 12.4. The van der Waals surface area contributed by atoms with Gasteiger partial charge in [0.1, 0.15) is 0 Å². The van der Waals surface area contributed by atoms with Crippen molar-refractivity contribution in [3.8, 4) is 0 Å². The molecular weight excluding hydrogens is 452 g/mol. The Kier molecular flexibility index (Phi) is 5.86. The Labute approximate surface area is 145 Å². The van der Waals surface area contributed by atoms with Gasteiger partial charge in [-0.3, -0.25) is 4.79 Å². The third kappa shape index (κ3) is 3.96. The van der Waals surface area contributed by atoms with Crippen LogP contribution in [0.5, 0.6) is 0 Å². The average Bonchev–Trinajstić information content (AvgIpc) is 2.48. The molecule has 2 nitrogen and oxygen atoms in total. The number of carbonyl (C=O) groups is 1. The fourth-order valence-electron chi connectivity index (χ4n) is 1.80. The number of nitrogens with one attached hydrogen (secondary N) is 1. The highest BCUT2D eigenvalue weighted by Gasteiger charge is 2.16. The number of rotatable bonds is 4. The van der Waals surface area contributed by atoms with Gasteiger partial charge in [0, 0.05) is 13.9 Å². The Morgan fingerprint density at radius 2 is 1.95 bits per heavy atom. The zero-order chi connectivity index (χ0) is 14.5. The van der Waals surface area contributed by atoms with Crippen LogP contribution in [0.25, 0.3) is 0 Å². The maximum Gasteiger partial charge on any atom is 0.252 e. The van der Waals surface area contributed by atoms with Crippen LogP contribution < -0.4 is 5.32 Å². The van der Waals surface area contributed by atoms with Crippen molar-refractivity contribution >= 4 is 56.0 Å². The van der Waals surface area contributed by atoms with Gasteiger partial charge in [0.2, 0.25) is 0 Å². The number of alkyl halides is 1. The van der Waals surface area contributed by atoms with Crippen molar-refractivity contribution in [2.45, 2.75) is 6.04 Å². The SMILES string of the molecule is O=C(NC(CCl)c1ccccc1)c1cc(I)ccc1Br. The van der Waals surface area contributed by atoms with Crippen LogP contribution in [0.3, 0.4) is 0 Å². The number of benzene rings is 2. The van der Waals surface area contributed by atoms with Crippen molar-refractivity contribution in [1.82, 2.24) is 5.32 Å². The first-order valence-corrected chi connectivity index (χ1v) is 8.39. The van der Waals surface area contributed by atoms with Gasteiger partial charge < -0.3 is 5.32 Å². The topological polar surface area (TPSA) is 29.1 Å². The van der Waals surface area contributed by atoms with E-state index in [9.17, 15) is 4.79 Å². The molecule has 0 aliphatic rings. The summed E-state index contributed by atoms with van der Waals surface area (Å²) in [5, 5.41) is 2.96. The maximum absolute atomic E-state index is 12.4. The lowest BCUT2D eigenvalue weighted by Crippen LogP contribution is -2.29. The lowest BCUT2D eigenvalue weighted by Gasteiger charge is -2.17. The van der Waals surface area contributed by atoms with Crippen LogP contribution in [-0.4, -0.2) is 11.8 Å². The van der Waals surface area contributed by atoms with E-state index in [0.29, 0.717) is 11.4 Å². The summed E-state index contributed by atoms with van der Waals surface area (Å²) in [6, 6.07) is 15.2. The Morgan fingerprint density at radius 3 is 2.60 bits per heavy atom. The normalized spacial score (nSPS) is 11.9. The Morgan fingerprint density at radius 1 is 1.25 bits per heavy atom. The van der Waals surface area contributed by atoms with E-state index in [1.165, 1.54) is 0 Å². The Hall–Kier alpha value is -0.590. The standard InChI is InChI=1S/C15H12BrClINO/c16-13-7-6-11(18)8-12(13)15(20)19-14(9-17)10-4-2-1-3-5-10/h1-8,14H,9H2,(H,19,20). The van der Waals surface area contributed by atoms with Crippen molar-refractivity contribution in [1.29, 1.82) is 0 Å². The van der Waals surface area contributed by atoms with Crippen molar-refractivity contribution in [2.24, 2.45) is 0 Å². The second-order valence-corrected chi connectivity index (χ2v) is 6.62. The van der Waals surface area contributed by atoms with E-state index in [1.807, 2.05) is 48.5 Å². The summed E-state index contributed by atoms with van der Waals surface area (Å²) < 4.78 is 1.79. The summed E-state index contributed by atoms with van der Waals surface area (Å²) in [6.07, 6.45) is 0. The van der Waals surface area contributed by atoms with Gasteiger partial charge >= 0.3 is 0 Å². The largest absolute Gasteiger partial charge is 0.344 e. The monoisotopic (exact) mass is 463 g/mol. The predicted octanol–water partition coefficient (Wildman–Crippen LogP) is 4.76. The van der Waals surface area contributed by atoms with Gasteiger partial charge in [-0.25, -0.2) is 0 Å². The minimum Gasteiger partial charge on any atom is -0.344 e.